The summed E-state index contributed by atoms with van der Waals surface area (Å²) in [5.41, 5.74) is 3.64. The van der Waals surface area contributed by atoms with Crippen molar-refractivity contribution in [2.24, 2.45) is 0 Å². The summed E-state index contributed by atoms with van der Waals surface area (Å²) in [6.07, 6.45) is 1.67. The molecule has 162 valence electrons. The Morgan fingerprint density at radius 3 is 2.06 bits per heavy atom. The van der Waals surface area contributed by atoms with Crippen molar-refractivity contribution in [3.05, 3.63) is 70.9 Å². The van der Waals surface area contributed by atoms with Crippen molar-refractivity contribution in [1.29, 1.82) is 0 Å². The topological polar surface area (TPSA) is 71.6 Å². The van der Waals surface area contributed by atoms with Crippen molar-refractivity contribution in [3.63, 3.8) is 0 Å². The number of amides is 2. The molecule has 7 heteroatoms. The van der Waals surface area contributed by atoms with Gasteiger partial charge in [0.2, 0.25) is 0 Å². The van der Waals surface area contributed by atoms with E-state index in [9.17, 15) is 9.59 Å². The molecule has 4 rings (SSSR count). The number of hydrogen-bond donors (Lipinski definition) is 0. The number of furan rings is 1. The summed E-state index contributed by atoms with van der Waals surface area (Å²) in [7, 11) is 0. The molecule has 0 atom stereocenters. The average molecular weight is 421 g/mol. The van der Waals surface area contributed by atoms with Gasteiger partial charge in [0.25, 0.3) is 11.8 Å². The van der Waals surface area contributed by atoms with Crippen LogP contribution in [0.4, 0.5) is 0 Å². The number of rotatable bonds is 4. The first kappa shape index (κ1) is 20.9. The smallest absolute Gasteiger partial charge is 0.289 e. The van der Waals surface area contributed by atoms with E-state index in [4.69, 9.17) is 4.42 Å². The second-order valence-electron chi connectivity index (χ2n) is 8.34. The van der Waals surface area contributed by atoms with E-state index in [-0.39, 0.29) is 17.7 Å². The summed E-state index contributed by atoms with van der Waals surface area (Å²) in [5.74, 6) is 1.02. The molecule has 0 saturated carbocycles. The van der Waals surface area contributed by atoms with Crippen molar-refractivity contribution < 1.29 is 14.0 Å². The molecular formula is C24H28N4O3. The minimum Gasteiger partial charge on any atom is -0.456 e. The molecule has 0 spiro atoms. The summed E-state index contributed by atoms with van der Waals surface area (Å²) in [4.78, 5) is 29.5. The van der Waals surface area contributed by atoms with Crippen molar-refractivity contribution in [1.82, 2.24) is 19.6 Å². The number of benzene rings is 1. The molecule has 1 aliphatic heterocycles. The van der Waals surface area contributed by atoms with E-state index in [0.29, 0.717) is 43.3 Å². The van der Waals surface area contributed by atoms with E-state index in [1.165, 1.54) is 5.56 Å². The molecule has 0 radical (unpaired) electrons. The Hall–Kier alpha value is -3.35. The Labute approximate surface area is 182 Å². The zero-order valence-corrected chi connectivity index (χ0v) is 18.5. The van der Waals surface area contributed by atoms with Crippen LogP contribution in [0.25, 0.3) is 5.69 Å². The molecule has 1 fully saturated rings. The summed E-state index contributed by atoms with van der Waals surface area (Å²) in [6.45, 7) is 9.93. The molecule has 1 saturated heterocycles. The molecule has 1 aromatic carbocycles. The second-order valence-corrected chi connectivity index (χ2v) is 8.34. The highest BCUT2D eigenvalue weighted by Gasteiger charge is 2.30. The maximum Gasteiger partial charge on any atom is 0.289 e. The van der Waals surface area contributed by atoms with E-state index < -0.39 is 0 Å². The van der Waals surface area contributed by atoms with Gasteiger partial charge in [0.15, 0.2) is 5.76 Å². The molecule has 0 bridgehead atoms. The van der Waals surface area contributed by atoms with Gasteiger partial charge in [0, 0.05) is 26.2 Å². The molecule has 1 aliphatic rings. The van der Waals surface area contributed by atoms with Crippen LogP contribution in [0.2, 0.25) is 0 Å². The van der Waals surface area contributed by atoms with E-state index in [0.717, 1.165) is 11.4 Å². The van der Waals surface area contributed by atoms with Crippen LogP contribution in [0.1, 0.15) is 57.7 Å². The lowest BCUT2D eigenvalue weighted by atomic mass is 10.0. The van der Waals surface area contributed by atoms with Gasteiger partial charge in [-0.25, -0.2) is 4.68 Å². The van der Waals surface area contributed by atoms with Gasteiger partial charge in [0.05, 0.1) is 23.1 Å². The van der Waals surface area contributed by atoms with Crippen molar-refractivity contribution >= 4 is 11.8 Å². The lowest BCUT2D eigenvalue weighted by molar-refractivity contribution is 0.0516. The van der Waals surface area contributed by atoms with E-state index in [1.807, 2.05) is 42.8 Å². The fourth-order valence-electron chi connectivity index (χ4n) is 3.96. The predicted molar refractivity (Wildman–Crippen MR) is 118 cm³/mol. The van der Waals surface area contributed by atoms with Crippen LogP contribution in [0.5, 0.6) is 0 Å². The molecule has 3 aromatic rings. The van der Waals surface area contributed by atoms with Gasteiger partial charge in [-0.3, -0.25) is 9.59 Å². The fraction of sp³-hybridized carbons (Fsp3) is 0.375. The SMILES string of the molecule is Cc1ccc(-n2ncc(C(=O)N3CCN(C(=O)c4ccc(C)o4)CC3)c2C(C)C)cc1. The Balaban J connectivity index is 1.50. The third-order valence-electron chi connectivity index (χ3n) is 5.67. The van der Waals surface area contributed by atoms with Crippen LogP contribution >= 0.6 is 0 Å². The highest BCUT2D eigenvalue weighted by atomic mass is 16.3. The standard InChI is InChI=1S/C24H28N4O3/c1-16(2)22-20(15-25-28(22)19-8-5-17(3)6-9-19)23(29)26-11-13-27(14-12-26)24(30)21-10-7-18(4)31-21/h5-10,15-16H,11-14H2,1-4H3. The average Bonchev–Trinajstić information content (AvgIpc) is 3.40. The summed E-state index contributed by atoms with van der Waals surface area (Å²) in [5, 5.41) is 4.53. The van der Waals surface area contributed by atoms with Crippen molar-refractivity contribution in [3.8, 4) is 5.69 Å². The first-order valence-corrected chi connectivity index (χ1v) is 10.6. The molecular weight excluding hydrogens is 392 g/mol. The molecule has 31 heavy (non-hydrogen) atoms. The monoisotopic (exact) mass is 420 g/mol. The largest absolute Gasteiger partial charge is 0.456 e. The highest BCUT2D eigenvalue weighted by Crippen LogP contribution is 2.25. The van der Waals surface area contributed by atoms with Crippen LogP contribution in [0, 0.1) is 13.8 Å². The summed E-state index contributed by atoms with van der Waals surface area (Å²) >= 11 is 0. The Morgan fingerprint density at radius 2 is 1.52 bits per heavy atom. The van der Waals surface area contributed by atoms with E-state index in [1.54, 1.807) is 28.1 Å². The quantitative estimate of drug-likeness (QED) is 0.644. The lowest BCUT2D eigenvalue weighted by Crippen LogP contribution is -2.50. The third-order valence-corrected chi connectivity index (χ3v) is 5.67. The van der Waals surface area contributed by atoms with Gasteiger partial charge in [-0.1, -0.05) is 31.5 Å². The maximum absolute atomic E-state index is 13.3. The predicted octanol–water partition coefficient (Wildman–Crippen LogP) is 3.80. The fourth-order valence-corrected chi connectivity index (χ4v) is 3.96. The molecule has 0 N–H and O–H groups in total. The number of hydrogen-bond acceptors (Lipinski definition) is 4. The Bertz CT molecular complexity index is 1090. The minimum atomic E-state index is -0.129. The summed E-state index contributed by atoms with van der Waals surface area (Å²) < 4.78 is 7.31. The number of carbonyl (C=O) groups is 2. The zero-order valence-electron chi connectivity index (χ0n) is 18.5. The summed E-state index contributed by atoms with van der Waals surface area (Å²) in [6, 6.07) is 11.6. The molecule has 0 aliphatic carbocycles. The van der Waals surface area contributed by atoms with Crippen LogP contribution in [0.3, 0.4) is 0 Å². The van der Waals surface area contributed by atoms with Gasteiger partial charge in [-0.05, 0) is 44.0 Å². The van der Waals surface area contributed by atoms with Crippen molar-refractivity contribution in [2.45, 2.75) is 33.6 Å². The van der Waals surface area contributed by atoms with Crippen LogP contribution in [-0.4, -0.2) is 57.6 Å². The first-order chi connectivity index (χ1) is 14.8. The highest BCUT2D eigenvalue weighted by molar-refractivity contribution is 5.96. The number of piperazine rings is 1. The molecule has 2 aromatic heterocycles. The molecule has 7 nitrogen and oxygen atoms in total. The molecule has 0 unspecified atom stereocenters. The number of aromatic nitrogens is 2. The zero-order chi connectivity index (χ0) is 22.1. The number of nitrogens with zero attached hydrogens (tertiary/aromatic N) is 4. The number of carbonyl (C=O) groups excluding carboxylic acids is 2. The minimum absolute atomic E-state index is 0.0389. The Morgan fingerprint density at radius 1 is 0.903 bits per heavy atom. The van der Waals surface area contributed by atoms with Gasteiger partial charge in [-0.2, -0.15) is 5.10 Å². The van der Waals surface area contributed by atoms with Crippen LogP contribution < -0.4 is 0 Å². The van der Waals surface area contributed by atoms with Gasteiger partial charge in [-0.15, -0.1) is 0 Å². The van der Waals surface area contributed by atoms with Crippen LogP contribution in [-0.2, 0) is 0 Å². The maximum atomic E-state index is 13.3. The molecule has 2 amide bonds. The third kappa shape index (κ3) is 4.13. The van der Waals surface area contributed by atoms with Gasteiger partial charge in [0.1, 0.15) is 5.76 Å². The Kier molecular flexibility index (Phi) is 5.67. The lowest BCUT2D eigenvalue weighted by Gasteiger charge is -2.34. The van der Waals surface area contributed by atoms with Crippen molar-refractivity contribution in [2.75, 3.05) is 26.2 Å². The number of aryl methyl sites for hydroxylation is 2. The molecule has 3 heterocycles. The normalized spacial score (nSPS) is 14.4. The van der Waals surface area contributed by atoms with Gasteiger partial charge < -0.3 is 14.2 Å². The van der Waals surface area contributed by atoms with E-state index in [2.05, 4.69) is 18.9 Å². The van der Waals surface area contributed by atoms with E-state index >= 15 is 0 Å². The first-order valence-electron chi connectivity index (χ1n) is 10.6. The van der Waals surface area contributed by atoms with Crippen LogP contribution in [0.15, 0.2) is 47.0 Å². The van der Waals surface area contributed by atoms with Gasteiger partial charge >= 0.3 is 0 Å². The second kappa shape index (κ2) is 8.41.